The average Bonchev–Trinajstić information content (AvgIpc) is 2.56. The molecule has 0 saturated heterocycles. The smallest absolute Gasteiger partial charge is 0.115 e. The van der Waals surface area contributed by atoms with E-state index in [9.17, 15) is 0 Å². The van der Waals surface area contributed by atoms with E-state index in [0.29, 0.717) is 11.5 Å². The zero-order valence-electron chi connectivity index (χ0n) is 16.4. The van der Waals surface area contributed by atoms with E-state index in [2.05, 4.69) is 41.5 Å². The molecule has 0 amide bonds. The molecule has 0 radical (unpaired) electrons. The third-order valence-corrected chi connectivity index (χ3v) is 5.07. The van der Waals surface area contributed by atoms with Crippen molar-refractivity contribution in [1.29, 1.82) is 0 Å². The normalized spacial score (nSPS) is 11.1. The molecule has 25 heavy (non-hydrogen) atoms. The lowest BCUT2D eigenvalue weighted by atomic mass is 9.82. The van der Waals surface area contributed by atoms with E-state index in [1.807, 2.05) is 24.3 Å². The van der Waals surface area contributed by atoms with Gasteiger partial charge in [-0.25, -0.2) is 0 Å². The van der Waals surface area contributed by atoms with Crippen LogP contribution in [0.5, 0.6) is 11.5 Å². The molecule has 0 aromatic heterocycles. The minimum Gasteiger partial charge on any atom is -0.508 e. The maximum absolute atomic E-state index is 9.10. The Bertz CT molecular complexity index is 556. The van der Waals surface area contributed by atoms with Gasteiger partial charge in [0.1, 0.15) is 11.5 Å². The molecule has 2 rings (SSSR count). The zero-order chi connectivity index (χ0) is 18.4. The van der Waals surface area contributed by atoms with Gasteiger partial charge in [-0.15, -0.1) is 0 Å². The summed E-state index contributed by atoms with van der Waals surface area (Å²) in [5.41, 5.74) is 2.99. The van der Waals surface area contributed by atoms with E-state index in [-0.39, 0.29) is 24.3 Å². The van der Waals surface area contributed by atoms with Crippen molar-refractivity contribution in [2.75, 3.05) is 0 Å². The molecule has 0 aliphatic rings. The molecule has 0 unspecified atom stereocenters. The van der Waals surface area contributed by atoms with Gasteiger partial charge in [0, 0.05) is 0 Å². The van der Waals surface area contributed by atoms with Crippen LogP contribution in [0.15, 0.2) is 48.5 Å². The van der Waals surface area contributed by atoms with Crippen molar-refractivity contribution in [3.8, 4) is 11.5 Å². The second kappa shape index (κ2) is 9.76. The Balaban J connectivity index is 0.000000443. The fourth-order valence-electron chi connectivity index (χ4n) is 2.23. The zero-order valence-corrected chi connectivity index (χ0v) is 17.4. The Morgan fingerprint density at radius 1 is 0.600 bits per heavy atom. The fourth-order valence-corrected chi connectivity index (χ4v) is 2.23. The van der Waals surface area contributed by atoms with Crippen LogP contribution in [-0.4, -0.2) is 10.2 Å². The lowest BCUT2D eigenvalue weighted by Gasteiger charge is -2.23. The monoisotopic (exact) mass is 362 g/mol. The molecule has 0 atom stereocenters. The van der Waals surface area contributed by atoms with Gasteiger partial charge in [0.15, 0.2) is 0 Å². The Labute approximate surface area is 160 Å². The Morgan fingerprint density at radius 3 is 1.04 bits per heavy atom. The van der Waals surface area contributed by atoms with Crippen LogP contribution in [0, 0.1) is 0 Å². The molecule has 0 saturated carbocycles. The second-order valence-electron chi connectivity index (χ2n) is 7.57. The molecule has 0 aliphatic carbocycles. The fraction of sp³-hybridized carbons (Fsp3) is 0.455. The lowest BCUT2D eigenvalue weighted by Crippen LogP contribution is -2.14. The summed E-state index contributed by atoms with van der Waals surface area (Å²) >= 11 is 0. The van der Waals surface area contributed by atoms with E-state index in [1.54, 1.807) is 24.3 Å². The number of phenols is 2. The van der Waals surface area contributed by atoms with Gasteiger partial charge in [-0.1, -0.05) is 65.8 Å². The number of aromatic hydroxyl groups is 2. The summed E-state index contributed by atoms with van der Waals surface area (Å²) < 4.78 is 0. The summed E-state index contributed by atoms with van der Waals surface area (Å²) in [4.78, 5) is 0. The third kappa shape index (κ3) is 7.03. The molecule has 3 heteroatoms. The molecular formula is C22H34O2S. The largest absolute Gasteiger partial charge is 0.508 e. The Morgan fingerprint density at radius 2 is 0.840 bits per heavy atom. The van der Waals surface area contributed by atoms with Crippen molar-refractivity contribution < 1.29 is 10.2 Å². The maximum Gasteiger partial charge on any atom is 0.115 e. The summed E-state index contributed by atoms with van der Waals surface area (Å²) in [6.45, 7) is 13.2. The molecule has 0 bridgehead atoms. The summed E-state index contributed by atoms with van der Waals surface area (Å²) in [6.07, 6.45) is 2.22. The van der Waals surface area contributed by atoms with Crippen LogP contribution in [-0.2, 0) is 10.8 Å². The van der Waals surface area contributed by atoms with Crippen molar-refractivity contribution in [3.63, 3.8) is 0 Å². The molecule has 0 heterocycles. The van der Waals surface area contributed by atoms with Gasteiger partial charge in [0.2, 0.25) is 0 Å². The van der Waals surface area contributed by atoms with Gasteiger partial charge >= 0.3 is 0 Å². The summed E-state index contributed by atoms with van der Waals surface area (Å²) in [6, 6.07) is 14.9. The second-order valence-corrected chi connectivity index (χ2v) is 7.57. The topological polar surface area (TPSA) is 40.5 Å². The SMILES string of the molecule is CCC(C)(C)c1ccc(O)cc1.CCC(C)(C)c1ccc(O)cc1.S. The van der Waals surface area contributed by atoms with E-state index in [0.717, 1.165) is 12.8 Å². The number of benzene rings is 2. The quantitative estimate of drug-likeness (QED) is 0.672. The highest BCUT2D eigenvalue weighted by molar-refractivity contribution is 7.59. The first kappa shape index (κ1) is 23.4. The van der Waals surface area contributed by atoms with Crippen molar-refractivity contribution >= 4 is 13.5 Å². The maximum atomic E-state index is 9.10. The number of hydrogen-bond donors (Lipinski definition) is 2. The standard InChI is InChI=1S/2C11H16O.H2S/c2*1-4-11(2,3)9-5-7-10(12)8-6-9;/h2*5-8,12H,4H2,1-3H3;1H2. The molecular weight excluding hydrogens is 328 g/mol. The first-order valence-corrected chi connectivity index (χ1v) is 8.71. The highest BCUT2D eigenvalue weighted by atomic mass is 32.1. The predicted octanol–water partition coefficient (Wildman–Crippen LogP) is 6.27. The molecule has 2 nitrogen and oxygen atoms in total. The van der Waals surface area contributed by atoms with Crippen LogP contribution in [0.2, 0.25) is 0 Å². The van der Waals surface area contributed by atoms with Crippen LogP contribution in [0.3, 0.4) is 0 Å². The highest BCUT2D eigenvalue weighted by Crippen LogP contribution is 2.28. The molecule has 2 N–H and O–H groups in total. The van der Waals surface area contributed by atoms with Gasteiger partial charge in [-0.2, -0.15) is 13.5 Å². The van der Waals surface area contributed by atoms with Gasteiger partial charge < -0.3 is 10.2 Å². The summed E-state index contributed by atoms with van der Waals surface area (Å²) in [5.74, 6) is 0.677. The minimum atomic E-state index is 0. The summed E-state index contributed by atoms with van der Waals surface area (Å²) in [7, 11) is 0. The van der Waals surface area contributed by atoms with Crippen LogP contribution in [0.25, 0.3) is 0 Å². The lowest BCUT2D eigenvalue weighted by molar-refractivity contribution is 0.470. The third-order valence-electron chi connectivity index (χ3n) is 5.07. The summed E-state index contributed by atoms with van der Waals surface area (Å²) in [5, 5.41) is 18.2. The Kier molecular flexibility index (Phi) is 9.14. The van der Waals surface area contributed by atoms with E-state index >= 15 is 0 Å². The van der Waals surface area contributed by atoms with E-state index in [4.69, 9.17) is 10.2 Å². The molecule has 140 valence electrons. The molecule has 0 fully saturated rings. The van der Waals surface area contributed by atoms with Crippen LogP contribution < -0.4 is 0 Å². The van der Waals surface area contributed by atoms with Crippen molar-refractivity contribution in [3.05, 3.63) is 59.7 Å². The Hall–Kier alpha value is -1.61. The van der Waals surface area contributed by atoms with Crippen LogP contribution >= 0.6 is 13.5 Å². The van der Waals surface area contributed by atoms with Crippen LogP contribution in [0.4, 0.5) is 0 Å². The molecule has 2 aromatic carbocycles. The highest BCUT2D eigenvalue weighted by Gasteiger charge is 2.17. The molecule has 0 aliphatic heterocycles. The first-order valence-electron chi connectivity index (χ1n) is 8.71. The van der Waals surface area contributed by atoms with E-state index < -0.39 is 0 Å². The van der Waals surface area contributed by atoms with E-state index in [1.165, 1.54) is 11.1 Å². The van der Waals surface area contributed by atoms with Crippen molar-refractivity contribution in [2.24, 2.45) is 0 Å². The van der Waals surface area contributed by atoms with Crippen molar-refractivity contribution in [1.82, 2.24) is 0 Å². The molecule has 0 spiro atoms. The molecule has 2 aromatic rings. The van der Waals surface area contributed by atoms with Crippen molar-refractivity contribution in [2.45, 2.75) is 65.2 Å². The average molecular weight is 363 g/mol. The number of hydrogen-bond acceptors (Lipinski definition) is 2. The number of phenolic OH excluding ortho intramolecular Hbond substituents is 2. The van der Waals surface area contributed by atoms with Crippen LogP contribution in [0.1, 0.15) is 65.5 Å². The minimum absolute atomic E-state index is 0. The van der Waals surface area contributed by atoms with Gasteiger partial charge in [0.05, 0.1) is 0 Å². The number of rotatable bonds is 4. The van der Waals surface area contributed by atoms with Gasteiger partial charge in [-0.05, 0) is 59.1 Å². The first-order chi connectivity index (χ1) is 11.1. The van der Waals surface area contributed by atoms with Gasteiger partial charge in [-0.3, -0.25) is 0 Å². The predicted molar refractivity (Wildman–Crippen MR) is 113 cm³/mol. The van der Waals surface area contributed by atoms with Gasteiger partial charge in [0.25, 0.3) is 0 Å².